The van der Waals surface area contributed by atoms with Crippen molar-refractivity contribution in [2.24, 2.45) is 46.3 Å². The topological polar surface area (TPSA) is 69.7 Å². The molecule has 174 valence electrons. The summed E-state index contributed by atoms with van der Waals surface area (Å²) in [6.45, 7) is 12.2. The highest BCUT2D eigenvalue weighted by molar-refractivity contribution is 5.86. The highest BCUT2D eigenvalue weighted by atomic mass is 16.5. The molecule has 0 heterocycles. The quantitative estimate of drug-likeness (QED) is 0.590. The van der Waals surface area contributed by atoms with E-state index in [2.05, 4.69) is 27.7 Å². The molecule has 0 spiro atoms. The molecular formula is C26H40O5. The van der Waals surface area contributed by atoms with Gasteiger partial charge in [0.15, 0.2) is 11.9 Å². The minimum atomic E-state index is -0.628. The molecule has 0 radical (unpaired) electrons. The maximum Gasteiger partial charge on any atom is 0.303 e. The highest BCUT2D eigenvalue weighted by Gasteiger charge is 2.66. The van der Waals surface area contributed by atoms with Crippen LogP contribution in [-0.2, 0) is 23.9 Å². The summed E-state index contributed by atoms with van der Waals surface area (Å²) in [6.07, 6.45) is 6.24. The Bertz CT molecular complexity index is 761. The van der Waals surface area contributed by atoms with E-state index in [0.29, 0.717) is 36.0 Å². The lowest BCUT2D eigenvalue weighted by molar-refractivity contribution is -0.215. The van der Waals surface area contributed by atoms with Crippen molar-refractivity contribution in [2.75, 3.05) is 0 Å². The van der Waals surface area contributed by atoms with Gasteiger partial charge in [-0.25, -0.2) is 0 Å². The zero-order chi connectivity index (χ0) is 22.7. The van der Waals surface area contributed by atoms with Crippen molar-refractivity contribution in [1.29, 1.82) is 0 Å². The smallest absolute Gasteiger partial charge is 0.303 e. The first kappa shape index (κ1) is 22.8. The molecule has 4 rings (SSSR count). The molecule has 4 aliphatic carbocycles. The van der Waals surface area contributed by atoms with Gasteiger partial charge in [0.2, 0.25) is 0 Å². The number of esters is 2. The lowest BCUT2D eigenvalue weighted by atomic mass is 9.42. The van der Waals surface area contributed by atoms with E-state index >= 15 is 0 Å². The summed E-state index contributed by atoms with van der Waals surface area (Å²) in [5.74, 6) is 1.71. The van der Waals surface area contributed by atoms with E-state index < -0.39 is 6.10 Å². The Kier molecular flexibility index (Phi) is 5.79. The van der Waals surface area contributed by atoms with E-state index in [4.69, 9.17) is 9.47 Å². The number of ketones is 1. The Morgan fingerprint density at radius 2 is 1.61 bits per heavy atom. The van der Waals surface area contributed by atoms with Crippen molar-refractivity contribution in [3.8, 4) is 0 Å². The van der Waals surface area contributed by atoms with Gasteiger partial charge >= 0.3 is 11.9 Å². The second-order valence-electron chi connectivity index (χ2n) is 11.5. The van der Waals surface area contributed by atoms with Gasteiger partial charge in [-0.15, -0.1) is 0 Å². The molecule has 4 aliphatic rings. The van der Waals surface area contributed by atoms with Crippen LogP contribution in [0.1, 0.15) is 86.5 Å². The molecule has 0 amide bonds. The van der Waals surface area contributed by atoms with Crippen molar-refractivity contribution in [2.45, 2.75) is 98.7 Å². The fourth-order valence-corrected chi connectivity index (χ4v) is 8.93. The number of rotatable bonds is 3. The first-order valence-corrected chi connectivity index (χ1v) is 12.4. The standard InChI is InChI=1S/C26H40O5/c1-7-17-8-9-18-23-19(10-11-25(17,18)5)26(6)13-22(30-15(3)27)21(29)12-20(26)14(2)24(23)31-16(4)28/h14,17-20,22-24H,7-13H2,1-6H3. The van der Waals surface area contributed by atoms with Crippen LogP contribution in [0, 0.1) is 46.3 Å². The lowest BCUT2D eigenvalue weighted by Crippen LogP contribution is -2.63. The van der Waals surface area contributed by atoms with Crippen LogP contribution in [0.15, 0.2) is 0 Å². The molecule has 0 saturated heterocycles. The predicted octanol–water partition coefficient (Wildman–Crippen LogP) is 4.95. The average molecular weight is 433 g/mol. The molecule has 10 atom stereocenters. The van der Waals surface area contributed by atoms with Gasteiger partial charge in [-0.2, -0.15) is 0 Å². The maximum atomic E-state index is 12.9. The van der Waals surface area contributed by atoms with Crippen LogP contribution in [0.4, 0.5) is 0 Å². The minimum absolute atomic E-state index is 0.0251. The van der Waals surface area contributed by atoms with E-state index in [1.807, 2.05) is 0 Å². The van der Waals surface area contributed by atoms with Crippen LogP contribution < -0.4 is 0 Å². The summed E-state index contributed by atoms with van der Waals surface area (Å²) < 4.78 is 11.6. The molecule has 0 aromatic carbocycles. The second kappa shape index (κ2) is 7.88. The molecule has 0 aromatic rings. The van der Waals surface area contributed by atoms with Crippen molar-refractivity contribution in [3.05, 3.63) is 0 Å². The van der Waals surface area contributed by atoms with Crippen molar-refractivity contribution >= 4 is 17.7 Å². The molecule has 0 aromatic heterocycles. The number of Topliss-reactive ketones (excluding diaryl/α,β-unsaturated/α-hetero) is 1. The molecule has 31 heavy (non-hydrogen) atoms. The number of hydrogen-bond acceptors (Lipinski definition) is 5. The van der Waals surface area contributed by atoms with Gasteiger partial charge in [0.05, 0.1) is 0 Å². The van der Waals surface area contributed by atoms with Gasteiger partial charge in [-0.3, -0.25) is 14.4 Å². The van der Waals surface area contributed by atoms with Crippen molar-refractivity contribution in [1.82, 2.24) is 0 Å². The van der Waals surface area contributed by atoms with Gasteiger partial charge in [-0.05, 0) is 72.5 Å². The van der Waals surface area contributed by atoms with Crippen LogP contribution >= 0.6 is 0 Å². The molecule has 0 N–H and O–H groups in total. The summed E-state index contributed by atoms with van der Waals surface area (Å²) in [6, 6.07) is 0. The summed E-state index contributed by atoms with van der Waals surface area (Å²) >= 11 is 0. The first-order chi connectivity index (χ1) is 14.5. The summed E-state index contributed by atoms with van der Waals surface area (Å²) in [4.78, 5) is 36.7. The SMILES string of the molecule is CCC1CCC2C3C(OC(C)=O)C(C)C4CC(=O)C(OC(C)=O)CC4(C)C3CCC12C. The number of carbonyl (C=O) groups excluding carboxylic acids is 3. The number of hydrogen-bond donors (Lipinski definition) is 0. The van der Waals surface area contributed by atoms with Gasteiger partial charge < -0.3 is 9.47 Å². The van der Waals surface area contributed by atoms with E-state index in [0.717, 1.165) is 12.3 Å². The summed E-state index contributed by atoms with van der Waals surface area (Å²) in [5.41, 5.74) is 0.220. The van der Waals surface area contributed by atoms with Gasteiger partial charge in [-0.1, -0.05) is 34.1 Å². The van der Waals surface area contributed by atoms with Crippen LogP contribution in [-0.4, -0.2) is 29.9 Å². The summed E-state index contributed by atoms with van der Waals surface area (Å²) in [5, 5.41) is 0. The van der Waals surface area contributed by atoms with E-state index in [1.54, 1.807) is 0 Å². The van der Waals surface area contributed by atoms with Crippen molar-refractivity contribution in [3.63, 3.8) is 0 Å². The third kappa shape index (κ3) is 3.45. The fraction of sp³-hybridized carbons (Fsp3) is 0.885. The molecule has 0 bridgehead atoms. The third-order valence-corrected chi connectivity index (χ3v) is 10.3. The molecule has 0 aliphatic heterocycles. The van der Waals surface area contributed by atoms with Crippen LogP contribution in [0.3, 0.4) is 0 Å². The Morgan fingerprint density at radius 1 is 0.968 bits per heavy atom. The monoisotopic (exact) mass is 432 g/mol. The molecule has 4 fully saturated rings. The van der Waals surface area contributed by atoms with E-state index in [9.17, 15) is 14.4 Å². The molecule has 5 heteroatoms. The molecule has 10 unspecified atom stereocenters. The Morgan fingerprint density at radius 3 is 2.23 bits per heavy atom. The van der Waals surface area contributed by atoms with E-state index in [1.165, 1.54) is 39.5 Å². The fourth-order valence-electron chi connectivity index (χ4n) is 8.93. The van der Waals surface area contributed by atoms with Gasteiger partial charge in [0, 0.05) is 26.2 Å². The predicted molar refractivity (Wildman–Crippen MR) is 117 cm³/mol. The third-order valence-electron chi connectivity index (χ3n) is 10.3. The van der Waals surface area contributed by atoms with E-state index in [-0.39, 0.29) is 41.1 Å². The maximum absolute atomic E-state index is 12.9. The highest BCUT2D eigenvalue weighted by Crippen LogP contribution is 2.69. The Hall–Kier alpha value is -1.39. The average Bonchev–Trinajstić information content (AvgIpc) is 3.02. The Labute approximate surface area is 187 Å². The summed E-state index contributed by atoms with van der Waals surface area (Å²) in [7, 11) is 0. The molecule has 5 nitrogen and oxygen atoms in total. The number of carbonyl (C=O) groups is 3. The zero-order valence-electron chi connectivity index (χ0n) is 20.1. The second-order valence-corrected chi connectivity index (χ2v) is 11.5. The first-order valence-electron chi connectivity index (χ1n) is 12.4. The van der Waals surface area contributed by atoms with Gasteiger partial charge in [0.1, 0.15) is 6.10 Å². The van der Waals surface area contributed by atoms with Crippen LogP contribution in [0.5, 0.6) is 0 Å². The van der Waals surface area contributed by atoms with Gasteiger partial charge in [0.25, 0.3) is 0 Å². The zero-order valence-corrected chi connectivity index (χ0v) is 20.1. The van der Waals surface area contributed by atoms with Crippen LogP contribution in [0.25, 0.3) is 0 Å². The molecular weight excluding hydrogens is 392 g/mol. The Balaban J connectivity index is 1.74. The number of fused-ring (bicyclic) bond motifs is 5. The lowest BCUT2D eigenvalue weighted by Gasteiger charge is -2.64. The van der Waals surface area contributed by atoms with Crippen LogP contribution in [0.2, 0.25) is 0 Å². The molecule has 4 saturated carbocycles. The number of ether oxygens (including phenoxy) is 2. The van der Waals surface area contributed by atoms with Crippen molar-refractivity contribution < 1.29 is 23.9 Å². The largest absolute Gasteiger partial charge is 0.462 e. The normalized spacial score (nSPS) is 48.9. The minimum Gasteiger partial charge on any atom is -0.462 e.